The Morgan fingerprint density at radius 2 is 1.62 bits per heavy atom. The first-order chi connectivity index (χ1) is 5.83. The molecule has 75 valence electrons. The van der Waals surface area contributed by atoms with Crippen molar-refractivity contribution in [3.63, 3.8) is 0 Å². The molecule has 0 aromatic rings. The van der Waals surface area contributed by atoms with Gasteiger partial charge in [-0.15, -0.1) is 0 Å². The number of aliphatic hydroxyl groups excluding tert-OH is 1. The Bertz CT molecular complexity index is 222. The molecule has 2 rings (SSSR count). The fourth-order valence-electron chi connectivity index (χ4n) is 1.62. The second-order valence-corrected chi connectivity index (χ2v) is 4.97. The van der Waals surface area contributed by atoms with Crippen molar-refractivity contribution in [3.8, 4) is 0 Å². The summed E-state index contributed by atoms with van der Waals surface area (Å²) in [5, 5.41) is 9.71. The molecule has 0 aliphatic carbocycles. The normalized spacial score (nSPS) is 41.3. The van der Waals surface area contributed by atoms with E-state index in [0.717, 1.165) is 0 Å². The molecule has 2 aliphatic rings. The maximum Gasteiger partial charge on any atom is 0.113 e. The summed E-state index contributed by atoms with van der Waals surface area (Å²) in [6.45, 7) is 7.99. The van der Waals surface area contributed by atoms with Crippen molar-refractivity contribution in [2.45, 2.75) is 57.2 Å². The summed E-state index contributed by atoms with van der Waals surface area (Å²) in [5.41, 5.74) is -0.241. The van der Waals surface area contributed by atoms with Crippen LogP contribution in [-0.4, -0.2) is 34.6 Å². The first-order valence-corrected chi connectivity index (χ1v) is 4.72. The average molecular weight is 185 g/mol. The van der Waals surface area contributed by atoms with E-state index in [1.54, 1.807) is 0 Å². The van der Waals surface area contributed by atoms with Crippen molar-refractivity contribution in [1.29, 1.82) is 0 Å². The highest BCUT2D eigenvalue weighted by molar-refractivity contribution is 5.12. The van der Waals surface area contributed by atoms with Gasteiger partial charge in [-0.1, -0.05) is 0 Å². The Kier molecular flexibility index (Phi) is 1.79. The standard InChI is InChI=1S/C10H17O3/c1-9(2)7(12-9)5-6(11)8-10(3,4)13-8/h5-8,11H,1-4H3. The van der Waals surface area contributed by atoms with Gasteiger partial charge in [-0.3, -0.25) is 0 Å². The van der Waals surface area contributed by atoms with Gasteiger partial charge in [0.25, 0.3) is 0 Å². The van der Waals surface area contributed by atoms with E-state index >= 15 is 0 Å². The zero-order valence-corrected chi connectivity index (χ0v) is 8.57. The summed E-state index contributed by atoms with van der Waals surface area (Å²) in [4.78, 5) is 0. The van der Waals surface area contributed by atoms with Crippen molar-refractivity contribution in [1.82, 2.24) is 0 Å². The molecule has 3 unspecified atom stereocenters. The summed E-state index contributed by atoms with van der Waals surface area (Å²) in [5.74, 6) is 0. The number of ether oxygens (including phenoxy) is 2. The predicted octanol–water partition coefficient (Wildman–Crippen LogP) is 0.906. The quantitative estimate of drug-likeness (QED) is 0.665. The SMILES string of the molecule is CC1(C)OC1[CH]C(O)C1OC1(C)C. The maximum absolute atomic E-state index is 9.71. The third kappa shape index (κ3) is 1.73. The summed E-state index contributed by atoms with van der Waals surface area (Å²) >= 11 is 0. The third-order valence-electron chi connectivity index (χ3n) is 2.80. The number of aliphatic hydroxyl groups is 1. The van der Waals surface area contributed by atoms with Crippen LogP contribution in [0.5, 0.6) is 0 Å². The Labute approximate surface area is 79.0 Å². The van der Waals surface area contributed by atoms with Gasteiger partial charge in [0.05, 0.1) is 23.4 Å². The van der Waals surface area contributed by atoms with E-state index < -0.39 is 6.10 Å². The molecule has 0 saturated carbocycles. The minimum Gasteiger partial charge on any atom is -0.390 e. The van der Waals surface area contributed by atoms with E-state index in [2.05, 4.69) is 0 Å². The molecule has 2 aliphatic heterocycles. The maximum atomic E-state index is 9.71. The monoisotopic (exact) mass is 185 g/mol. The van der Waals surface area contributed by atoms with E-state index in [-0.39, 0.29) is 23.4 Å². The van der Waals surface area contributed by atoms with Crippen molar-refractivity contribution in [2.75, 3.05) is 0 Å². The molecule has 0 aromatic heterocycles. The second-order valence-electron chi connectivity index (χ2n) is 4.97. The largest absolute Gasteiger partial charge is 0.390 e. The molecule has 0 bridgehead atoms. The van der Waals surface area contributed by atoms with Gasteiger partial charge >= 0.3 is 0 Å². The molecule has 2 fully saturated rings. The topological polar surface area (TPSA) is 45.3 Å². The first kappa shape index (κ1) is 9.44. The zero-order valence-electron chi connectivity index (χ0n) is 8.57. The lowest BCUT2D eigenvalue weighted by Crippen LogP contribution is -2.24. The molecular weight excluding hydrogens is 168 g/mol. The van der Waals surface area contributed by atoms with Crippen LogP contribution >= 0.6 is 0 Å². The van der Waals surface area contributed by atoms with Crippen LogP contribution in [0, 0.1) is 6.42 Å². The molecule has 13 heavy (non-hydrogen) atoms. The van der Waals surface area contributed by atoms with E-state index in [1.807, 2.05) is 34.1 Å². The lowest BCUT2D eigenvalue weighted by atomic mass is 9.99. The van der Waals surface area contributed by atoms with Crippen LogP contribution in [0.4, 0.5) is 0 Å². The Morgan fingerprint density at radius 3 is 1.92 bits per heavy atom. The predicted molar refractivity (Wildman–Crippen MR) is 48.2 cm³/mol. The molecule has 3 atom stereocenters. The van der Waals surface area contributed by atoms with Gasteiger partial charge in [0.15, 0.2) is 0 Å². The first-order valence-electron chi connectivity index (χ1n) is 4.72. The molecule has 3 heteroatoms. The minimum absolute atomic E-state index is 0.0486. The van der Waals surface area contributed by atoms with E-state index in [1.165, 1.54) is 0 Å². The van der Waals surface area contributed by atoms with Crippen LogP contribution < -0.4 is 0 Å². The van der Waals surface area contributed by atoms with Crippen LogP contribution in [0.15, 0.2) is 0 Å². The van der Waals surface area contributed by atoms with E-state index in [0.29, 0.717) is 0 Å². The highest BCUT2D eigenvalue weighted by Crippen LogP contribution is 2.43. The fraction of sp³-hybridized carbons (Fsp3) is 0.900. The summed E-state index contributed by atoms with van der Waals surface area (Å²) < 4.78 is 10.7. The van der Waals surface area contributed by atoms with Crippen LogP contribution in [0.25, 0.3) is 0 Å². The van der Waals surface area contributed by atoms with Gasteiger partial charge in [0.2, 0.25) is 0 Å². The molecule has 2 saturated heterocycles. The van der Waals surface area contributed by atoms with Crippen molar-refractivity contribution < 1.29 is 14.6 Å². The third-order valence-corrected chi connectivity index (χ3v) is 2.80. The Morgan fingerprint density at radius 1 is 1.15 bits per heavy atom. The molecular formula is C10H17O3. The van der Waals surface area contributed by atoms with Crippen molar-refractivity contribution in [2.24, 2.45) is 0 Å². The van der Waals surface area contributed by atoms with Gasteiger partial charge < -0.3 is 14.6 Å². The molecule has 3 nitrogen and oxygen atoms in total. The number of rotatable bonds is 3. The average Bonchev–Trinajstić information content (AvgIpc) is 2.73. The Hall–Kier alpha value is -0.120. The smallest absolute Gasteiger partial charge is 0.113 e. The van der Waals surface area contributed by atoms with Gasteiger partial charge in [0, 0.05) is 6.42 Å². The van der Waals surface area contributed by atoms with Gasteiger partial charge in [-0.05, 0) is 27.7 Å². The summed E-state index contributed by atoms with van der Waals surface area (Å²) in [6.07, 6.45) is 1.37. The van der Waals surface area contributed by atoms with Gasteiger partial charge in [-0.25, -0.2) is 0 Å². The second kappa shape index (κ2) is 2.47. The molecule has 2 heterocycles. The molecule has 0 aromatic carbocycles. The van der Waals surface area contributed by atoms with Crippen molar-refractivity contribution in [3.05, 3.63) is 6.42 Å². The molecule has 0 spiro atoms. The van der Waals surface area contributed by atoms with Crippen LogP contribution in [0.3, 0.4) is 0 Å². The van der Waals surface area contributed by atoms with E-state index in [9.17, 15) is 5.11 Å². The fourth-order valence-corrected chi connectivity index (χ4v) is 1.62. The highest BCUT2D eigenvalue weighted by atomic mass is 16.6. The van der Waals surface area contributed by atoms with Gasteiger partial charge in [0.1, 0.15) is 6.10 Å². The van der Waals surface area contributed by atoms with Gasteiger partial charge in [-0.2, -0.15) is 0 Å². The number of epoxide rings is 2. The van der Waals surface area contributed by atoms with E-state index in [4.69, 9.17) is 9.47 Å². The molecule has 1 N–H and O–H groups in total. The number of hydrogen-bond acceptors (Lipinski definition) is 3. The summed E-state index contributed by atoms with van der Waals surface area (Å²) in [7, 11) is 0. The van der Waals surface area contributed by atoms with Crippen LogP contribution in [0.1, 0.15) is 27.7 Å². The Balaban J connectivity index is 1.78. The highest BCUT2D eigenvalue weighted by Gasteiger charge is 2.56. The minimum atomic E-state index is -0.498. The molecule has 0 amide bonds. The number of hydrogen-bond donors (Lipinski definition) is 1. The zero-order chi connectivity index (χ0) is 9.85. The lowest BCUT2D eigenvalue weighted by molar-refractivity contribution is 0.155. The lowest BCUT2D eigenvalue weighted by Gasteiger charge is -2.06. The van der Waals surface area contributed by atoms with Crippen molar-refractivity contribution >= 4 is 0 Å². The summed E-state index contributed by atoms with van der Waals surface area (Å²) in [6, 6.07) is 0. The van der Waals surface area contributed by atoms with Crippen LogP contribution in [-0.2, 0) is 9.47 Å². The van der Waals surface area contributed by atoms with Crippen LogP contribution in [0.2, 0.25) is 0 Å². The molecule has 1 radical (unpaired) electrons.